The molecule has 140 valence electrons. The molecule has 0 aliphatic rings. The molecule has 1 atom stereocenters. The average molecular weight is 400 g/mol. The fraction of sp³-hybridized carbons (Fsp3) is 0.238. The van der Waals surface area contributed by atoms with Gasteiger partial charge in [-0.2, -0.15) is 0 Å². The van der Waals surface area contributed by atoms with Crippen LogP contribution >= 0.6 is 22.9 Å². The van der Waals surface area contributed by atoms with Crippen molar-refractivity contribution in [2.75, 3.05) is 20.6 Å². The van der Waals surface area contributed by atoms with E-state index in [1.807, 2.05) is 75.6 Å². The van der Waals surface area contributed by atoms with Gasteiger partial charge in [-0.3, -0.25) is 4.79 Å². The van der Waals surface area contributed by atoms with Crippen LogP contribution in [0.25, 0.3) is 11.3 Å². The third-order valence-electron chi connectivity index (χ3n) is 4.33. The van der Waals surface area contributed by atoms with Crippen LogP contribution in [0.2, 0.25) is 5.02 Å². The molecule has 6 heteroatoms. The molecule has 1 N–H and O–H groups in total. The van der Waals surface area contributed by atoms with E-state index in [4.69, 9.17) is 11.6 Å². The molecule has 0 aliphatic heterocycles. The number of likely N-dealkylation sites (N-methyl/N-ethyl adjacent to an activating group) is 1. The molecular formula is C21H22ClN3OS. The summed E-state index contributed by atoms with van der Waals surface area (Å²) in [6.45, 7) is 2.38. The van der Waals surface area contributed by atoms with Crippen LogP contribution in [0.1, 0.15) is 26.3 Å². The summed E-state index contributed by atoms with van der Waals surface area (Å²) >= 11 is 7.77. The first-order valence-electron chi connectivity index (χ1n) is 8.69. The van der Waals surface area contributed by atoms with Crippen LogP contribution in [0.3, 0.4) is 0 Å². The molecule has 2 aromatic carbocycles. The number of nitrogens with zero attached hydrogens (tertiary/aromatic N) is 2. The highest BCUT2D eigenvalue weighted by atomic mass is 35.5. The van der Waals surface area contributed by atoms with Crippen molar-refractivity contribution in [3.05, 3.63) is 75.1 Å². The van der Waals surface area contributed by atoms with Crippen LogP contribution in [0.4, 0.5) is 0 Å². The number of carbonyl (C=O) groups is 1. The average Bonchev–Trinajstić information content (AvgIpc) is 3.05. The molecule has 0 saturated carbocycles. The molecule has 1 aromatic heterocycles. The van der Waals surface area contributed by atoms with Gasteiger partial charge < -0.3 is 10.2 Å². The lowest BCUT2D eigenvalue weighted by Gasteiger charge is -2.26. The standard InChI is InChI=1S/C21H22ClN3OS/c1-14-24-19(15-9-5-4-6-10-15)20(27-14)21(26)23-13-18(25(2)3)16-11-7-8-12-17(16)22/h4-12,18H,13H2,1-3H3,(H,23,26). The van der Waals surface area contributed by atoms with Crippen molar-refractivity contribution in [1.82, 2.24) is 15.2 Å². The fourth-order valence-electron chi connectivity index (χ4n) is 2.96. The van der Waals surface area contributed by atoms with E-state index in [0.29, 0.717) is 16.4 Å². The number of benzene rings is 2. The zero-order valence-corrected chi connectivity index (χ0v) is 17.1. The van der Waals surface area contributed by atoms with Gasteiger partial charge in [0.05, 0.1) is 16.7 Å². The van der Waals surface area contributed by atoms with Crippen molar-refractivity contribution < 1.29 is 4.79 Å². The van der Waals surface area contributed by atoms with Crippen LogP contribution in [-0.2, 0) is 0 Å². The smallest absolute Gasteiger partial charge is 0.263 e. The summed E-state index contributed by atoms with van der Waals surface area (Å²) in [5.41, 5.74) is 2.67. The zero-order chi connectivity index (χ0) is 19.4. The molecule has 0 spiro atoms. The third-order valence-corrected chi connectivity index (χ3v) is 5.64. The van der Waals surface area contributed by atoms with Gasteiger partial charge >= 0.3 is 0 Å². The van der Waals surface area contributed by atoms with E-state index in [1.165, 1.54) is 11.3 Å². The molecule has 1 heterocycles. The number of hydrogen-bond acceptors (Lipinski definition) is 4. The Bertz CT molecular complexity index is 924. The summed E-state index contributed by atoms with van der Waals surface area (Å²) in [7, 11) is 3.96. The summed E-state index contributed by atoms with van der Waals surface area (Å²) < 4.78 is 0. The molecule has 0 fully saturated rings. The van der Waals surface area contributed by atoms with E-state index in [0.717, 1.165) is 21.8 Å². The Balaban J connectivity index is 1.81. The molecule has 0 bridgehead atoms. The molecular weight excluding hydrogens is 378 g/mol. The van der Waals surface area contributed by atoms with Crippen LogP contribution in [0.15, 0.2) is 54.6 Å². The number of hydrogen-bond donors (Lipinski definition) is 1. The minimum atomic E-state index is -0.113. The number of thiazole rings is 1. The Hall–Kier alpha value is -2.21. The number of aromatic nitrogens is 1. The van der Waals surface area contributed by atoms with Gasteiger partial charge in [-0.05, 0) is 32.6 Å². The monoisotopic (exact) mass is 399 g/mol. The van der Waals surface area contributed by atoms with E-state index in [9.17, 15) is 4.79 Å². The SMILES string of the molecule is Cc1nc(-c2ccccc2)c(C(=O)NCC(c2ccccc2Cl)N(C)C)s1. The Morgan fingerprint density at radius 3 is 2.48 bits per heavy atom. The molecule has 3 rings (SSSR count). The second-order valence-corrected chi connectivity index (χ2v) is 8.10. The van der Waals surface area contributed by atoms with Crippen LogP contribution in [0.5, 0.6) is 0 Å². The maximum absolute atomic E-state index is 12.9. The highest BCUT2D eigenvalue weighted by molar-refractivity contribution is 7.14. The van der Waals surface area contributed by atoms with E-state index >= 15 is 0 Å². The third kappa shape index (κ3) is 4.56. The van der Waals surface area contributed by atoms with Crippen molar-refractivity contribution in [1.29, 1.82) is 0 Å². The lowest BCUT2D eigenvalue weighted by molar-refractivity contribution is 0.0946. The minimum absolute atomic E-state index is 0.0168. The molecule has 0 radical (unpaired) electrons. The summed E-state index contributed by atoms with van der Waals surface area (Å²) in [5, 5.41) is 4.63. The van der Waals surface area contributed by atoms with Gasteiger partial charge in [-0.25, -0.2) is 4.98 Å². The minimum Gasteiger partial charge on any atom is -0.349 e. The van der Waals surface area contributed by atoms with E-state index in [1.54, 1.807) is 0 Å². The number of amides is 1. The molecule has 1 amide bonds. The lowest BCUT2D eigenvalue weighted by atomic mass is 10.1. The predicted molar refractivity (Wildman–Crippen MR) is 113 cm³/mol. The Morgan fingerprint density at radius 2 is 1.81 bits per heavy atom. The number of rotatable bonds is 6. The molecule has 4 nitrogen and oxygen atoms in total. The van der Waals surface area contributed by atoms with Gasteiger partial charge in [0.25, 0.3) is 5.91 Å². The largest absolute Gasteiger partial charge is 0.349 e. The van der Waals surface area contributed by atoms with Gasteiger partial charge in [-0.1, -0.05) is 60.1 Å². The second-order valence-electron chi connectivity index (χ2n) is 6.49. The van der Waals surface area contributed by atoms with Crippen molar-refractivity contribution in [3.8, 4) is 11.3 Å². The van der Waals surface area contributed by atoms with E-state index < -0.39 is 0 Å². The van der Waals surface area contributed by atoms with E-state index in [-0.39, 0.29) is 11.9 Å². The molecule has 3 aromatic rings. The van der Waals surface area contributed by atoms with Gasteiger partial charge in [0.15, 0.2) is 0 Å². The molecule has 27 heavy (non-hydrogen) atoms. The number of halogens is 1. The first-order valence-corrected chi connectivity index (χ1v) is 9.88. The topological polar surface area (TPSA) is 45.2 Å². The van der Waals surface area contributed by atoms with Crippen molar-refractivity contribution >= 4 is 28.8 Å². The highest BCUT2D eigenvalue weighted by Crippen LogP contribution is 2.29. The predicted octanol–water partition coefficient (Wildman–Crippen LogP) is 4.80. The summed E-state index contributed by atoms with van der Waals surface area (Å²) in [4.78, 5) is 20.2. The van der Waals surface area contributed by atoms with Crippen molar-refractivity contribution in [2.24, 2.45) is 0 Å². The number of aryl methyl sites for hydroxylation is 1. The first kappa shape index (κ1) is 19.5. The van der Waals surface area contributed by atoms with Crippen molar-refractivity contribution in [3.63, 3.8) is 0 Å². The summed E-state index contributed by atoms with van der Waals surface area (Å²) in [5.74, 6) is -0.113. The first-order chi connectivity index (χ1) is 13.0. The maximum atomic E-state index is 12.9. The number of nitrogens with one attached hydrogen (secondary N) is 1. The highest BCUT2D eigenvalue weighted by Gasteiger charge is 2.21. The van der Waals surface area contributed by atoms with Crippen LogP contribution in [0, 0.1) is 6.92 Å². The number of carbonyl (C=O) groups excluding carboxylic acids is 1. The van der Waals surface area contributed by atoms with Crippen molar-refractivity contribution in [2.45, 2.75) is 13.0 Å². The van der Waals surface area contributed by atoms with Gasteiger partial charge in [0.2, 0.25) is 0 Å². The van der Waals surface area contributed by atoms with E-state index in [2.05, 4.69) is 15.2 Å². The maximum Gasteiger partial charge on any atom is 0.263 e. The quantitative estimate of drug-likeness (QED) is 0.647. The summed E-state index contributed by atoms with van der Waals surface area (Å²) in [6, 6.07) is 17.5. The fourth-order valence-corrected chi connectivity index (χ4v) is 4.08. The molecule has 1 unspecified atom stereocenters. The Kier molecular flexibility index (Phi) is 6.26. The van der Waals surface area contributed by atoms with Crippen LogP contribution in [-0.4, -0.2) is 36.4 Å². The van der Waals surface area contributed by atoms with Gasteiger partial charge in [-0.15, -0.1) is 11.3 Å². The zero-order valence-electron chi connectivity index (χ0n) is 15.6. The van der Waals surface area contributed by atoms with Gasteiger partial charge in [0, 0.05) is 17.1 Å². The Labute approximate surface area is 168 Å². The summed E-state index contributed by atoms with van der Waals surface area (Å²) in [6.07, 6.45) is 0. The lowest BCUT2D eigenvalue weighted by Crippen LogP contribution is -2.34. The Morgan fingerprint density at radius 1 is 1.15 bits per heavy atom. The van der Waals surface area contributed by atoms with Crippen LogP contribution < -0.4 is 5.32 Å². The second kappa shape index (κ2) is 8.65. The molecule has 0 saturated heterocycles. The van der Waals surface area contributed by atoms with Gasteiger partial charge in [0.1, 0.15) is 4.88 Å². The molecule has 0 aliphatic carbocycles. The normalized spacial score (nSPS) is 12.2.